The molecule has 0 unspecified atom stereocenters. The molecule has 0 bridgehead atoms. The highest BCUT2D eigenvalue weighted by Crippen LogP contribution is 2.16. The molecule has 3 heteroatoms. The van der Waals surface area contributed by atoms with Crippen LogP contribution in [0.3, 0.4) is 0 Å². The van der Waals surface area contributed by atoms with Crippen LogP contribution in [0.4, 0.5) is 0 Å². The predicted octanol–water partition coefficient (Wildman–Crippen LogP) is 2.57. The van der Waals surface area contributed by atoms with Gasteiger partial charge in [0.25, 0.3) is 0 Å². The topological polar surface area (TPSA) is 42.2 Å². The van der Waals surface area contributed by atoms with Crippen LogP contribution in [0.15, 0.2) is 24.9 Å². The van der Waals surface area contributed by atoms with Crippen molar-refractivity contribution in [2.75, 3.05) is 0 Å². The van der Waals surface area contributed by atoms with Crippen molar-refractivity contribution in [1.29, 1.82) is 0 Å². The molecule has 1 aromatic heterocycles. The van der Waals surface area contributed by atoms with Gasteiger partial charge in [0.05, 0.1) is 5.56 Å². The second kappa shape index (κ2) is 4.82. The number of carboxylic acids is 1. The molecule has 0 saturated carbocycles. The van der Waals surface area contributed by atoms with E-state index < -0.39 is 5.97 Å². The van der Waals surface area contributed by atoms with Gasteiger partial charge in [0.15, 0.2) is 0 Å². The number of aromatic nitrogens is 1. The highest BCUT2D eigenvalue weighted by molar-refractivity contribution is 5.89. The largest absolute Gasteiger partial charge is 0.478 e. The molecule has 0 fully saturated rings. The van der Waals surface area contributed by atoms with Gasteiger partial charge in [-0.2, -0.15) is 0 Å². The van der Waals surface area contributed by atoms with E-state index in [2.05, 4.69) is 20.4 Å². The fourth-order valence-electron chi connectivity index (χ4n) is 1.62. The molecule has 0 saturated heterocycles. The molecule has 15 heavy (non-hydrogen) atoms. The van der Waals surface area contributed by atoms with Gasteiger partial charge in [-0.1, -0.05) is 19.9 Å². The van der Waals surface area contributed by atoms with E-state index in [0.29, 0.717) is 18.0 Å². The van der Waals surface area contributed by atoms with Crippen molar-refractivity contribution < 1.29 is 9.90 Å². The summed E-state index contributed by atoms with van der Waals surface area (Å²) in [6, 6.07) is 1.66. The average molecular weight is 207 g/mol. The summed E-state index contributed by atoms with van der Waals surface area (Å²) in [5, 5.41) is 9.02. The van der Waals surface area contributed by atoms with E-state index in [9.17, 15) is 4.79 Å². The van der Waals surface area contributed by atoms with E-state index in [4.69, 9.17) is 5.11 Å². The van der Waals surface area contributed by atoms with Gasteiger partial charge >= 0.3 is 5.97 Å². The van der Waals surface area contributed by atoms with Crippen LogP contribution in [0.25, 0.3) is 0 Å². The Balaban J connectivity index is 3.07. The molecule has 1 heterocycles. The Morgan fingerprint density at radius 2 is 2.33 bits per heavy atom. The second-order valence-corrected chi connectivity index (χ2v) is 4.02. The van der Waals surface area contributed by atoms with Gasteiger partial charge in [0, 0.05) is 18.4 Å². The molecule has 0 spiro atoms. The SMILES string of the molecule is C=CCn1ccc(C(=O)O)c1CC(C)C. The fourth-order valence-corrected chi connectivity index (χ4v) is 1.62. The normalized spacial score (nSPS) is 10.6. The molecular formula is C12H17NO2. The minimum atomic E-state index is -0.853. The van der Waals surface area contributed by atoms with Crippen molar-refractivity contribution in [3.05, 3.63) is 36.2 Å². The maximum Gasteiger partial charge on any atom is 0.337 e. The smallest absolute Gasteiger partial charge is 0.337 e. The summed E-state index contributed by atoms with van der Waals surface area (Å²) >= 11 is 0. The molecule has 0 atom stereocenters. The van der Waals surface area contributed by atoms with Crippen molar-refractivity contribution in [1.82, 2.24) is 4.57 Å². The van der Waals surface area contributed by atoms with Crippen LogP contribution >= 0.6 is 0 Å². The van der Waals surface area contributed by atoms with Crippen LogP contribution in [0.1, 0.15) is 29.9 Å². The summed E-state index contributed by atoms with van der Waals surface area (Å²) in [7, 11) is 0. The molecule has 3 nitrogen and oxygen atoms in total. The molecule has 0 aromatic carbocycles. The second-order valence-electron chi connectivity index (χ2n) is 4.02. The van der Waals surface area contributed by atoms with Crippen molar-refractivity contribution in [3.8, 4) is 0 Å². The third-order valence-corrected chi connectivity index (χ3v) is 2.24. The van der Waals surface area contributed by atoms with Crippen LogP contribution in [-0.2, 0) is 13.0 Å². The lowest BCUT2D eigenvalue weighted by molar-refractivity contribution is 0.0695. The van der Waals surface area contributed by atoms with Crippen molar-refractivity contribution in [3.63, 3.8) is 0 Å². The number of carboxylic acid groups (broad SMARTS) is 1. The van der Waals surface area contributed by atoms with Crippen molar-refractivity contribution in [2.45, 2.75) is 26.8 Å². The quantitative estimate of drug-likeness (QED) is 0.754. The Bertz CT molecular complexity index is 364. The Hall–Kier alpha value is -1.51. The Morgan fingerprint density at radius 3 is 2.80 bits per heavy atom. The summed E-state index contributed by atoms with van der Waals surface area (Å²) in [6.07, 6.45) is 4.36. The number of allylic oxidation sites excluding steroid dienone is 1. The monoisotopic (exact) mass is 207 g/mol. The highest BCUT2D eigenvalue weighted by Gasteiger charge is 2.15. The van der Waals surface area contributed by atoms with Crippen LogP contribution in [0, 0.1) is 5.92 Å². The minimum absolute atomic E-state index is 0.408. The lowest BCUT2D eigenvalue weighted by atomic mass is 10.1. The first kappa shape index (κ1) is 11.6. The summed E-state index contributed by atoms with van der Waals surface area (Å²) < 4.78 is 1.94. The van der Waals surface area contributed by atoms with Gasteiger partial charge in [-0.3, -0.25) is 0 Å². The van der Waals surface area contributed by atoms with Gasteiger partial charge in [-0.25, -0.2) is 4.79 Å². The van der Waals surface area contributed by atoms with E-state index >= 15 is 0 Å². The number of hydrogen-bond donors (Lipinski definition) is 1. The summed E-state index contributed by atoms with van der Waals surface area (Å²) in [6.45, 7) is 8.48. The molecule has 0 aliphatic rings. The lowest BCUT2D eigenvalue weighted by Crippen LogP contribution is -2.09. The maximum absolute atomic E-state index is 11.0. The van der Waals surface area contributed by atoms with Crippen molar-refractivity contribution in [2.24, 2.45) is 5.92 Å². The molecule has 1 aromatic rings. The van der Waals surface area contributed by atoms with Gasteiger partial charge < -0.3 is 9.67 Å². The lowest BCUT2D eigenvalue weighted by Gasteiger charge is -2.10. The first-order valence-corrected chi connectivity index (χ1v) is 5.08. The zero-order valence-corrected chi connectivity index (χ0v) is 9.23. The van der Waals surface area contributed by atoms with Gasteiger partial charge in [0.1, 0.15) is 0 Å². The van der Waals surface area contributed by atoms with Crippen LogP contribution in [0.2, 0.25) is 0 Å². The van der Waals surface area contributed by atoms with E-state index in [1.54, 1.807) is 12.1 Å². The molecule has 1 rings (SSSR count). The number of nitrogens with zero attached hydrogens (tertiary/aromatic N) is 1. The first-order valence-electron chi connectivity index (χ1n) is 5.08. The predicted molar refractivity (Wildman–Crippen MR) is 60.1 cm³/mol. The van der Waals surface area contributed by atoms with Gasteiger partial charge in [-0.05, 0) is 18.4 Å². The molecule has 1 N–H and O–H groups in total. The molecule has 0 aliphatic carbocycles. The minimum Gasteiger partial charge on any atom is -0.478 e. The maximum atomic E-state index is 11.0. The zero-order chi connectivity index (χ0) is 11.4. The van der Waals surface area contributed by atoms with E-state index in [1.807, 2.05) is 10.8 Å². The number of hydrogen-bond acceptors (Lipinski definition) is 1. The Labute approximate surface area is 90.0 Å². The fraction of sp³-hybridized carbons (Fsp3) is 0.417. The number of carbonyl (C=O) groups is 1. The van der Waals surface area contributed by atoms with Crippen molar-refractivity contribution >= 4 is 5.97 Å². The van der Waals surface area contributed by atoms with E-state index in [0.717, 1.165) is 12.1 Å². The molecule has 0 aliphatic heterocycles. The number of aromatic carboxylic acids is 1. The third kappa shape index (κ3) is 2.72. The molecular weight excluding hydrogens is 190 g/mol. The van der Waals surface area contributed by atoms with Gasteiger partial charge in [-0.15, -0.1) is 6.58 Å². The average Bonchev–Trinajstić information content (AvgIpc) is 2.48. The zero-order valence-electron chi connectivity index (χ0n) is 9.23. The van der Waals surface area contributed by atoms with Gasteiger partial charge in [0.2, 0.25) is 0 Å². The van der Waals surface area contributed by atoms with E-state index in [1.165, 1.54) is 0 Å². The summed E-state index contributed by atoms with van der Waals surface area (Å²) in [5.41, 5.74) is 1.29. The van der Waals surface area contributed by atoms with Crippen LogP contribution < -0.4 is 0 Å². The molecule has 0 radical (unpaired) electrons. The first-order chi connectivity index (χ1) is 7.06. The van der Waals surface area contributed by atoms with Crippen LogP contribution in [-0.4, -0.2) is 15.6 Å². The molecule has 0 amide bonds. The van der Waals surface area contributed by atoms with E-state index in [-0.39, 0.29) is 0 Å². The summed E-state index contributed by atoms with van der Waals surface area (Å²) in [5.74, 6) is -0.407. The third-order valence-electron chi connectivity index (χ3n) is 2.24. The number of rotatable bonds is 5. The summed E-state index contributed by atoms with van der Waals surface area (Å²) in [4.78, 5) is 11.0. The Morgan fingerprint density at radius 1 is 1.67 bits per heavy atom. The Kier molecular flexibility index (Phi) is 3.72. The standard InChI is InChI=1S/C12H17NO2/c1-4-6-13-7-5-10(12(14)15)11(13)8-9(2)3/h4-5,7,9H,1,6,8H2,2-3H3,(H,14,15). The highest BCUT2D eigenvalue weighted by atomic mass is 16.4. The molecule has 82 valence electrons. The van der Waals surface area contributed by atoms with Crippen LogP contribution in [0.5, 0.6) is 0 Å².